The minimum atomic E-state index is -0.271. The van der Waals surface area contributed by atoms with Crippen LogP contribution in [0.3, 0.4) is 0 Å². The highest BCUT2D eigenvalue weighted by molar-refractivity contribution is 5.91. The summed E-state index contributed by atoms with van der Waals surface area (Å²) >= 11 is 0. The summed E-state index contributed by atoms with van der Waals surface area (Å²) in [5, 5.41) is 3.21. The molecule has 1 aromatic heterocycles. The Morgan fingerprint density at radius 2 is 2.00 bits per heavy atom. The number of nitrogens with zero attached hydrogens (tertiary/aromatic N) is 2. The fourth-order valence-electron chi connectivity index (χ4n) is 3.65. The third-order valence-electron chi connectivity index (χ3n) is 5.37. The number of rotatable bonds is 4. The van der Waals surface area contributed by atoms with Gasteiger partial charge in [0.25, 0.3) is 0 Å². The molecule has 1 aliphatic heterocycles. The van der Waals surface area contributed by atoms with Gasteiger partial charge in [0.1, 0.15) is 0 Å². The van der Waals surface area contributed by atoms with E-state index in [9.17, 15) is 4.79 Å². The quantitative estimate of drug-likeness (QED) is 0.939. The van der Waals surface area contributed by atoms with Gasteiger partial charge in [-0.25, -0.2) is 0 Å². The summed E-state index contributed by atoms with van der Waals surface area (Å²) in [4.78, 5) is 15.1. The second-order valence-electron chi connectivity index (χ2n) is 6.88. The van der Waals surface area contributed by atoms with Crippen molar-refractivity contribution in [2.24, 2.45) is 0 Å². The number of hydrogen-bond donors (Lipinski definition) is 1. The Morgan fingerprint density at radius 3 is 2.74 bits per heavy atom. The third kappa shape index (κ3) is 2.57. The SMILES string of the molecule is CN1Cc2cccn2CC1CNC(=O)C1(c2ccccc2)CC1. The van der Waals surface area contributed by atoms with Crippen LogP contribution in [0.1, 0.15) is 24.1 Å². The summed E-state index contributed by atoms with van der Waals surface area (Å²) in [6, 6.07) is 14.8. The zero-order valence-electron chi connectivity index (χ0n) is 13.5. The van der Waals surface area contributed by atoms with Gasteiger partial charge in [0.15, 0.2) is 0 Å². The van der Waals surface area contributed by atoms with Crippen LogP contribution in [-0.4, -0.2) is 35.0 Å². The first-order valence-corrected chi connectivity index (χ1v) is 8.37. The van der Waals surface area contributed by atoms with Gasteiger partial charge in [-0.3, -0.25) is 9.69 Å². The van der Waals surface area contributed by atoms with Gasteiger partial charge < -0.3 is 9.88 Å². The molecule has 1 fully saturated rings. The lowest BCUT2D eigenvalue weighted by molar-refractivity contribution is -0.123. The molecule has 0 bridgehead atoms. The van der Waals surface area contributed by atoms with E-state index in [-0.39, 0.29) is 11.3 Å². The minimum absolute atomic E-state index is 0.190. The van der Waals surface area contributed by atoms with Crippen LogP contribution < -0.4 is 5.32 Å². The number of fused-ring (bicyclic) bond motifs is 1. The summed E-state index contributed by atoms with van der Waals surface area (Å²) in [5.74, 6) is 0.190. The molecule has 1 aromatic carbocycles. The Morgan fingerprint density at radius 1 is 1.22 bits per heavy atom. The van der Waals surface area contributed by atoms with E-state index in [2.05, 4.69) is 52.3 Å². The smallest absolute Gasteiger partial charge is 0.230 e. The number of benzene rings is 1. The first kappa shape index (κ1) is 14.5. The molecule has 1 unspecified atom stereocenters. The highest BCUT2D eigenvalue weighted by Crippen LogP contribution is 2.48. The number of nitrogens with one attached hydrogen (secondary N) is 1. The van der Waals surface area contributed by atoms with Crippen LogP contribution in [0, 0.1) is 0 Å². The fourth-order valence-corrected chi connectivity index (χ4v) is 3.65. The van der Waals surface area contributed by atoms with E-state index in [0.717, 1.165) is 31.5 Å². The van der Waals surface area contributed by atoms with E-state index in [1.54, 1.807) is 0 Å². The summed E-state index contributed by atoms with van der Waals surface area (Å²) in [6.07, 6.45) is 4.06. The Labute approximate surface area is 137 Å². The lowest BCUT2D eigenvalue weighted by Crippen LogP contribution is -2.48. The molecule has 2 aromatic rings. The number of aromatic nitrogens is 1. The van der Waals surface area contributed by atoms with Crippen molar-refractivity contribution in [1.82, 2.24) is 14.8 Å². The second kappa shape index (κ2) is 5.53. The molecule has 1 amide bonds. The molecule has 120 valence electrons. The van der Waals surface area contributed by atoms with Crippen LogP contribution in [0.15, 0.2) is 48.7 Å². The molecule has 1 atom stereocenters. The van der Waals surface area contributed by atoms with Gasteiger partial charge in [-0.15, -0.1) is 0 Å². The molecular weight excluding hydrogens is 286 g/mol. The molecule has 0 radical (unpaired) electrons. The van der Waals surface area contributed by atoms with Crippen molar-refractivity contribution in [3.8, 4) is 0 Å². The van der Waals surface area contributed by atoms with Crippen LogP contribution in [-0.2, 0) is 23.3 Å². The molecule has 1 N–H and O–H groups in total. The molecule has 4 nitrogen and oxygen atoms in total. The van der Waals surface area contributed by atoms with Crippen LogP contribution in [0.25, 0.3) is 0 Å². The van der Waals surface area contributed by atoms with E-state index in [1.165, 1.54) is 5.69 Å². The summed E-state index contributed by atoms with van der Waals surface area (Å²) < 4.78 is 2.29. The zero-order chi connectivity index (χ0) is 15.9. The number of carbonyl (C=O) groups excluding carboxylic acids is 1. The molecule has 2 aliphatic rings. The minimum Gasteiger partial charge on any atom is -0.354 e. The average molecular weight is 309 g/mol. The van der Waals surface area contributed by atoms with Gasteiger partial charge in [0.2, 0.25) is 5.91 Å². The number of hydrogen-bond acceptors (Lipinski definition) is 2. The maximum atomic E-state index is 12.7. The fraction of sp³-hybridized carbons (Fsp3) is 0.421. The van der Waals surface area contributed by atoms with Gasteiger partial charge in [-0.05, 0) is 37.6 Å². The molecule has 23 heavy (non-hydrogen) atoms. The van der Waals surface area contributed by atoms with Crippen LogP contribution in [0.2, 0.25) is 0 Å². The van der Waals surface area contributed by atoms with E-state index >= 15 is 0 Å². The van der Waals surface area contributed by atoms with Crippen LogP contribution in [0.4, 0.5) is 0 Å². The largest absolute Gasteiger partial charge is 0.354 e. The van der Waals surface area contributed by atoms with Crippen molar-refractivity contribution in [3.63, 3.8) is 0 Å². The highest BCUT2D eigenvalue weighted by Gasteiger charge is 2.51. The van der Waals surface area contributed by atoms with Crippen LogP contribution >= 0.6 is 0 Å². The standard InChI is InChI=1S/C19H23N3O/c1-21-13-16-8-5-11-22(16)14-17(21)12-20-18(23)19(9-10-19)15-6-3-2-4-7-15/h2-8,11,17H,9-10,12-14H2,1H3,(H,20,23). The Bertz CT molecular complexity index is 702. The number of carbonyl (C=O) groups is 1. The number of likely N-dealkylation sites (N-methyl/N-ethyl adjacent to an activating group) is 1. The first-order chi connectivity index (χ1) is 11.2. The molecule has 2 heterocycles. The zero-order valence-corrected chi connectivity index (χ0v) is 13.5. The van der Waals surface area contributed by atoms with Crippen molar-refractivity contribution in [2.45, 2.75) is 37.4 Å². The van der Waals surface area contributed by atoms with Gasteiger partial charge in [0.05, 0.1) is 5.41 Å². The summed E-state index contributed by atoms with van der Waals surface area (Å²) in [5.41, 5.74) is 2.23. The van der Waals surface area contributed by atoms with Crippen molar-refractivity contribution < 1.29 is 4.79 Å². The predicted molar refractivity (Wildman–Crippen MR) is 90.1 cm³/mol. The lowest BCUT2D eigenvalue weighted by atomic mass is 9.95. The Balaban J connectivity index is 1.41. The van der Waals surface area contributed by atoms with E-state index < -0.39 is 0 Å². The lowest BCUT2D eigenvalue weighted by Gasteiger charge is -2.34. The Hall–Kier alpha value is -2.07. The third-order valence-corrected chi connectivity index (χ3v) is 5.37. The maximum Gasteiger partial charge on any atom is 0.230 e. The molecule has 4 heteroatoms. The number of amides is 1. The first-order valence-electron chi connectivity index (χ1n) is 8.37. The topological polar surface area (TPSA) is 37.3 Å². The Kier molecular flexibility index (Phi) is 3.49. The van der Waals surface area contributed by atoms with Gasteiger partial charge in [-0.1, -0.05) is 30.3 Å². The molecule has 4 rings (SSSR count). The monoisotopic (exact) mass is 309 g/mol. The van der Waals surface area contributed by atoms with Gasteiger partial charge >= 0.3 is 0 Å². The van der Waals surface area contributed by atoms with Crippen molar-refractivity contribution in [3.05, 3.63) is 59.9 Å². The second-order valence-corrected chi connectivity index (χ2v) is 6.88. The molecule has 0 spiro atoms. The predicted octanol–water partition coefficient (Wildman–Crippen LogP) is 2.15. The molecular formula is C19H23N3O. The van der Waals surface area contributed by atoms with E-state index in [1.807, 2.05) is 18.2 Å². The summed E-state index contributed by atoms with van der Waals surface area (Å²) in [6.45, 7) is 2.59. The normalized spacial score (nSPS) is 22.4. The van der Waals surface area contributed by atoms with Crippen molar-refractivity contribution in [1.29, 1.82) is 0 Å². The van der Waals surface area contributed by atoms with Crippen molar-refractivity contribution in [2.75, 3.05) is 13.6 Å². The highest BCUT2D eigenvalue weighted by atomic mass is 16.2. The van der Waals surface area contributed by atoms with Gasteiger partial charge in [0, 0.05) is 37.6 Å². The van der Waals surface area contributed by atoms with E-state index in [0.29, 0.717) is 12.6 Å². The van der Waals surface area contributed by atoms with E-state index in [4.69, 9.17) is 0 Å². The maximum absolute atomic E-state index is 12.7. The van der Waals surface area contributed by atoms with Crippen LogP contribution in [0.5, 0.6) is 0 Å². The average Bonchev–Trinajstić information content (AvgIpc) is 3.27. The molecule has 1 aliphatic carbocycles. The molecule has 0 saturated heterocycles. The van der Waals surface area contributed by atoms with Gasteiger partial charge in [-0.2, -0.15) is 0 Å². The molecule has 1 saturated carbocycles. The summed E-state index contributed by atoms with van der Waals surface area (Å²) in [7, 11) is 2.14. The van der Waals surface area contributed by atoms with Crippen molar-refractivity contribution >= 4 is 5.91 Å².